The average Bonchev–Trinajstić information content (AvgIpc) is 4.02. The van der Waals surface area contributed by atoms with Crippen LogP contribution < -0.4 is 0 Å². The molecule has 8 heteroatoms. The molecule has 9 aliphatic carbocycles. The highest BCUT2D eigenvalue weighted by Crippen LogP contribution is 2.59. The molecule has 0 heterocycles. The van der Waals surface area contributed by atoms with Crippen molar-refractivity contribution in [3.63, 3.8) is 0 Å². The molecular formula is C59H100N2O6. The predicted molar refractivity (Wildman–Crippen MR) is 269 cm³/mol. The van der Waals surface area contributed by atoms with Gasteiger partial charge >= 0.3 is 12.1 Å². The van der Waals surface area contributed by atoms with Crippen molar-refractivity contribution in [1.82, 2.24) is 9.80 Å². The van der Waals surface area contributed by atoms with Crippen molar-refractivity contribution >= 4 is 12.1 Å². The van der Waals surface area contributed by atoms with Gasteiger partial charge < -0.3 is 18.9 Å². The van der Waals surface area contributed by atoms with Crippen LogP contribution in [0.5, 0.6) is 0 Å². The smallest absolute Gasteiger partial charge is 0.463 e. The Bertz CT molecular complexity index is 1510. The number of rotatable bonds is 15. The van der Waals surface area contributed by atoms with Crippen molar-refractivity contribution in [2.24, 2.45) is 40.4 Å². The van der Waals surface area contributed by atoms with E-state index in [0.29, 0.717) is 17.9 Å². The Balaban J connectivity index is 0.708. The van der Waals surface area contributed by atoms with E-state index in [-0.39, 0.29) is 35.1 Å². The monoisotopic (exact) mass is 933 g/mol. The van der Waals surface area contributed by atoms with E-state index < -0.39 is 6.16 Å². The van der Waals surface area contributed by atoms with E-state index in [4.69, 9.17) is 18.9 Å². The summed E-state index contributed by atoms with van der Waals surface area (Å²) in [7, 11) is 1.87. The summed E-state index contributed by atoms with van der Waals surface area (Å²) in [5.41, 5.74) is 0.453. The zero-order chi connectivity index (χ0) is 46.4. The number of nitrogens with zero attached hydrogens (tertiary/aromatic N) is 2. The van der Waals surface area contributed by atoms with Gasteiger partial charge in [-0.25, -0.2) is 4.79 Å². The minimum atomic E-state index is -0.401. The van der Waals surface area contributed by atoms with Gasteiger partial charge in [0.1, 0.15) is 18.3 Å². The molecule has 0 bridgehead atoms. The Kier molecular flexibility index (Phi) is 17.7. The summed E-state index contributed by atoms with van der Waals surface area (Å²) in [6.45, 7) is 7.38. The van der Waals surface area contributed by atoms with Crippen LogP contribution in [0.3, 0.4) is 0 Å². The topological polar surface area (TPSA) is 77.5 Å². The number of carbonyl (C=O) groups excluding carboxylic acids is 2. The lowest BCUT2D eigenvalue weighted by molar-refractivity contribution is -0.148. The SMILES string of the molecule is COCCC1CCC(N(C2CCCCC2)C2CCC(C3CCC(N(C4CCCCC4)C4CCC5(CC4)CC5OC(=O)OC4CCC(C(C)(C)C5CCC(OC(C)=O)CC5)CC4)CC3)CC2)CC1. The molecule has 0 saturated heterocycles. The van der Waals surface area contributed by atoms with Crippen LogP contribution in [0.1, 0.15) is 252 Å². The molecule has 1 atom stereocenters. The number of hydrogen-bond donors (Lipinski definition) is 0. The molecule has 0 aromatic carbocycles. The molecule has 1 unspecified atom stereocenters. The lowest BCUT2D eigenvalue weighted by atomic mass is 9.60. The molecule has 0 aromatic rings. The number of hydrogen-bond acceptors (Lipinski definition) is 8. The highest BCUT2D eigenvalue weighted by atomic mass is 16.7. The third kappa shape index (κ3) is 12.6. The van der Waals surface area contributed by atoms with Gasteiger partial charge in [-0.3, -0.25) is 14.6 Å². The second kappa shape index (κ2) is 23.4. The maximum Gasteiger partial charge on any atom is 0.508 e. The van der Waals surface area contributed by atoms with Gasteiger partial charge in [-0.05, 0) is 228 Å². The number of carbonyl (C=O) groups is 2. The molecule has 1 spiro atoms. The maximum atomic E-state index is 13.3. The molecule has 0 aliphatic heterocycles. The number of esters is 1. The normalized spacial score (nSPS) is 39.6. The first-order chi connectivity index (χ1) is 32.6. The fourth-order valence-corrected chi connectivity index (χ4v) is 17.5. The average molecular weight is 933 g/mol. The first-order valence-electron chi connectivity index (χ1n) is 29.7. The van der Waals surface area contributed by atoms with E-state index >= 15 is 0 Å². The Labute approximate surface area is 409 Å². The fraction of sp³-hybridized carbons (Fsp3) is 0.966. The minimum absolute atomic E-state index is 0.0120. The first kappa shape index (κ1) is 50.6. The molecule has 9 saturated carbocycles. The Morgan fingerprint density at radius 2 is 0.910 bits per heavy atom. The number of methoxy groups -OCH3 is 1. The van der Waals surface area contributed by atoms with Crippen LogP contribution in [0.4, 0.5) is 4.79 Å². The third-order valence-electron chi connectivity index (χ3n) is 21.7. The van der Waals surface area contributed by atoms with Gasteiger partial charge in [0.2, 0.25) is 0 Å². The highest BCUT2D eigenvalue weighted by molar-refractivity contribution is 5.66. The van der Waals surface area contributed by atoms with Crippen molar-refractivity contribution in [2.75, 3.05) is 13.7 Å². The first-order valence-corrected chi connectivity index (χ1v) is 29.7. The van der Waals surface area contributed by atoms with Crippen molar-refractivity contribution in [3.8, 4) is 0 Å². The predicted octanol–water partition coefficient (Wildman–Crippen LogP) is 14.5. The van der Waals surface area contributed by atoms with Gasteiger partial charge in [0.25, 0.3) is 0 Å². The molecule has 9 aliphatic rings. The standard InChI is InChI=1S/C59H100N2O6/c1-42(62)65-54-31-21-46(22-32-54)58(2,3)47-23-33-55(34-24-47)66-57(63)67-56-41-59(56)38-35-53(36-39-59)61(49-13-9-6-10-14-49)52-29-19-45(20-30-52)44-17-27-51(28-18-44)60(48-11-7-5-8-12-48)50-25-15-43(16-26-50)37-40-64-4/h43-56H,5-41H2,1-4H3. The fourth-order valence-electron chi connectivity index (χ4n) is 17.5. The summed E-state index contributed by atoms with van der Waals surface area (Å²) in [5.74, 6) is 3.96. The van der Waals surface area contributed by atoms with Crippen LogP contribution in [0.2, 0.25) is 0 Å². The molecule has 0 N–H and O–H groups in total. The summed E-state index contributed by atoms with van der Waals surface area (Å²) >= 11 is 0. The maximum absolute atomic E-state index is 13.3. The van der Waals surface area contributed by atoms with Crippen molar-refractivity contribution < 1.29 is 28.5 Å². The molecule has 0 amide bonds. The molecule has 0 aromatic heterocycles. The van der Waals surface area contributed by atoms with E-state index in [2.05, 4.69) is 23.6 Å². The third-order valence-corrected chi connectivity index (χ3v) is 21.7. The zero-order valence-corrected chi connectivity index (χ0v) is 43.6. The molecule has 67 heavy (non-hydrogen) atoms. The highest BCUT2D eigenvalue weighted by Gasteiger charge is 2.59. The van der Waals surface area contributed by atoms with Crippen LogP contribution >= 0.6 is 0 Å². The molecular weight excluding hydrogens is 833 g/mol. The second-order valence-corrected chi connectivity index (χ2v) is 25.7. The van der Waals surface area contributed by atoms with E-state index in [1.54, 1.807) is 0 Å². The number of ether oxygens (including phenoxy) is 4. The molecule has 0 radical (unpaired) electrons. The van der Waals surface area contributed by atoms with Gasteiger partial charge in [0.05, 0.1) is 0 Å². The minimum Gasteiger partial charge on any atom is -0.463 e. The second-order valence-electron chi connectivity index (χ2n) is 25.7. The summed E-state index contributed by atoms with van der Waals surface area (Å²) in [6, 6.07) is 4.82. The molecule has 382 valence electrons. The Hall–Kier alpha value is -1.38. The van der Waals surface area contributed by atoms with Crippen molar-refractivity contribution in [3.05, 3.63) is 0 Å². The molecule has 8 nitrogen and oxygen atoms in total. The summed E-state index contributed by atoms with van der Waals surface area (Å²) in [6.07, 6.45) is 47.2. The van der Waals surface area contributed by atoms with Crippen LogP contribution in [-0.2, 0) is 23.7 Å². The van der Waals surface area contributed by atoms with Crippen LogP contribution in [0, 0.1) is 40.4 Å². The van der Waals surface area contributed by atoms with Gasteiger partial charge in [0.15, 0.2) is 0 Å². The van der Waals surface area contributed by atoms with Crippen molar-refractivity contribution in [1.29, 1.82) is 0 Å². The molecule has 9 fully saturated rings. The van der Waals surface area contributed by atoms with E-state index in [1.165, 1.54) is 180 Å². The quantitative estimate of drug-likeness (QED) is 0.150. The summed E-state index contributed by atoms with van der Waals surface area (Å²) in [4.78, 5) is 31.1. The largest absolute Gasteiger partial charge is 0.508 e. The summed E-state index contributed by atoms with van der Waals surface area (Å²) < 4.78 is 23.2. The zero-order valence-electron chi connectivity index (χ0n) is 43.6. The lowest BCUT2D eigenvalue weighted by Gasteiger charge is -2.51. The van der Waals surface area contributed by atoms with E-state index in [9.17, 15) is 9.59 Å². The van der Waals surface area contributed by atoms with Gasteiger partial charge in [-0.15, -0.1) is 0 Å². The van der Waals surface area contributed by atoms with Crippen molar-refractivity contribution in [2.45, 2.75) is 306 Å². The molecule has 9 rings (SSSR count). The van der Waals surface area contributed by atoms with Crippen LogP contribution in [0.25, 0.3) is 0 Å². The van der Waals surface area contributed by atoms with Gasteiger partial charge in [0, 0.05) is 62.3 Å². The summed E-state index contributed by atoms with van der Waals surface area (Å²) in [5, 5.41) is 0. The van der Waals surface area contributed by atoms with E-state index in [1.807, 2.05) is 7.11 Å². The van der Waals surface area contributed by atoms with Crippen LogP contribution in [-0.4, -0.2) is 90.2 Å². The Morgan fingerprint density at radius 3 is 1.36 bits per heavy atom. The Morgan fingerprint density at radius 1 is 0.493 bits per heavy atom. The van der Waals surface area contributed by atoms with Gasteiger partial charge in [-0.2, -0.15) is 0 Å². The van der Waals surface area contributed by atoms with Crippen LogP contribution in [0.15, 0.2) is 0 Å². The van der Waals surface area contributed by atoms with Gasteiger partial charge in [-0.1, -0.05) is 52.4 Å². The van der Waals surface area contributed by atoms with E-state index in [0.717, 1.165) is 112 Å². The lowest BCUT2D eigenvalue weighted by Crippen LogP contribution is -2.53.